The lowest BCUT2D eigenvalue weighted by molar-refractivity contribution is -0.115. The molecule has 0 radical (unpaired) electrons. The molecule has 1 aliphatic rings. The zero-order chi connectivity index (χ0) is 34.4. The maximum atomic E-state index is 13.4. The summed E-state index contributed by atoms with van der Waals surface area (Å²) in [7, 11) is 1.36. The fourth-order valence-corrected chi connectivity index (χ4v) is 8.41. The molecule has 2 atom stereocenters. The molecule has 3 N–H and O–H groups in total. The molecule has 5 rings (SSSR count). The molecule has 0 spiro atoms. The Morgan fingerprint density at radius 2 is 1.77 bits per heavy atom. The van der Waals surface area contributed by atoms with Crippen LogP contribution in [0.15, 0.2) is 82.7 Å². The third-order valence-electron chi connectivity index (χ3n) is 8.25. The topological polar surface area (TPSA) is 114 Å². The summed E-state index contributed by atoms with van der Waals surface area (Å²) in [5.41, 5.74) is 2.64. The standard InChI is InChI=1S/C37H39N3O5S3/c1-22(32(41)40-35-31(36(44)45-5)28-17-16-24(37(2,3)4)19-30(28)48-35)47-27-14-9-13-25(20-27)38-34(43)29(21-26-15-10-18-46-26)39-33(42)23-11-7-6-8-12-23/h6-15,18,20-22,24H,16-17,19H2,1-5H3,(H,38,43)(H,39,42)(H,40,41)/b29-21-. The lowest BCUT2D eigenvalue weighted by Crippen LogP contribution is -2.30. The van der Waals surface area contributed by atoms with E-state index in [9.17, 15) is 19.2 Å². The Balaban J connectivity index is 1.27. The SMILES string of the molecule is COC(=O)c1c(NC(=O)C(C)Sc2cccc(NC(=O)/C(=C/c3cccs3)NC(=O)c3ccccc3)c2)sc2c1CCC(C(C)(C)C)C2. The maximum Gasteiger partial charge on any atom is 0.341 e. The number of fused-ring (bicyclic) bond motifs is 1. The minimum Gasteiger partial charge on any atom is -0.465 e. The van der Waals surface area contributed by atoms with Crippen molar-refractivity contribution in [2.24, 2.45) is 11.3 Å². The number of ether oxygens (including phenoxy) is 1. The number of hydrogen-bond donors (Lipinski definition) is 3. The number of thiophene rings is 2. The maximum absolute atomic E-state index is 13.4. The van der Waals surface area contributed by atoms with Gasteiger partial charge in [0.2, 0.25) is 5.91 Å². The van der Waals surface area contributed by atoms with Crippen LogP contribution in [0.2, 0.25) is 0 Å². The molecule has 250 valence electrons. The Bertz CT molecular complexity index is 1820. The minimum absolute atomic E-state index is 0.103. The number of rotatable bonds is 10. The molecule has 4 aromatic rings. The number of esters is 1. The van der Waals surface area contributed by atoms with E-state index in [1.54, 1.807) is 55.5 Å². The van der Waals surface area contributed by atoms with E-state index in [0.29, 0.717) is 27.7 Å². The molecule has 0 bridgehead atoms. The molecule has 2 aromatic carbocycles. The number of carbonyl (C=O) groups is 4. The third kappa shape index (κ3) is 8.63. The molecular formula is C37H39N3O5S3. The first-order chi connectivity index (χ1) is 22.9. The van der Waals surface area contributed by atoms with Crippen LogP contribution in [0.25, 0.3) is 6.08 Å². The number of nitrogens with one attached hydrogen (secondary N) is 3. The summed E-state index contributed by atoms with van der Waals surface area (Å²) in [6, 6.07) is 19.6. The molecule has 2 unspecified atom stereocenters. The molecule has 0 aliphatic heterocycles. The predicted molar refractivity (Wildman–Crippen MR) is 196 cm³/mol. The van der Waals surface area contributed by atoms with Gasteiger partial charge in [-0.05, 0) is 90.9 Å². The van der Waals surface area contributed by atoms with Gasteiger partial charge in [0.25, 0.3) is 11.8 Å². The van der Waals surface area contributed by atoms with Crippen LogP contribution in [0, 0.1) is 11.3 Å². The molecule has 11 heteroatoms. The number of methoxy groups -OCH3 is 1. The minimum atomic E-state index is -0.512. The van der Waals surface area contributed by atoms with E-state index in [1.807, 2.05) is 29.6 Å². The van der Waals surface area contributed by atoms with Gasteiger partial charge in [-0.3, -0.25) is 14.4 Å². The largest absolute Gasteiger partial charge is 0.465 e. The predicted octanol–water partition coefficient (Wildman–Crippen LogP) is 8.28. The lowest BCUT2D eigenvalue weighted by atomic mass is 9.72. The molecule has 2 aromatic heterocycles. The summed E-state index contributed by atoms with van der Waals surface area (Å²) in [5.74, 6) is -1.06. The Morgan fingerprint density at radius 3 is 2.46 bits per heavy atom. The van der Waals surface area contributed by atoms with Crippen molar-refractivity contribution in [2.45, 2.75) is 57.1 Å². The number of anilines is 2. The second kappa shape index (κ2) is 15.4. The van der Waals surface area contributed by atoms with Gasteiger partial charge >= 0.3 is 5.97 Å². The Labute approximate surface area is 293 Å². The highest BCUT2D eigenvalue weighted by Gasteiger charge is 2.34. The molecule has 3 amide bonds. The first-order valence-corrected chi connectivity index (χ1v) is 18.2. The van der Waals surface area contributed by atoms with E-state index in [0.717, 1.165) is 39.5 Å². The second-order valence-corrected chi connectivity index (χ2v) is 16.1. The van der Waals surface area contributed by atoms with Crippen molar-refractivity contribution in [3.8, 4) is 0 Å². The van der Waals surface area contributed by atoms with Crippen molar-refractivity contribution in [3.63, 3.8) is 0 Å². The van der Waals surface area contributed by atoms with Gasteiger partial charge in [0, 0.05) is 25.9 Å². The Hall–Kier alpha value is -4.19. The van der Waals surface area contributed by atoms with Crippen LogP contribution in [0.1, 0.15) is 70.1 Å². The molecular weight excluding hydrogens is 663 g/mol. The number of thioether (sulfide) groups is 1. The van der Waals surface area contributed by atoms with Gasteiger partial charge in [0.15, 0.2) is 0 Å². The highest BCUT2D eigenvalue weighted by molar-refractivity contribution is 8.00. The van der Waals surface area contributed by atoms with Gasteiger partial charge in [-0.25, -0.2) is 4.79 Å². The summed E-state index contributed by atoms with van der Waals surface area (Å²) >= 11 is 4.25. The van der Waals surface area contributed by atoms with E-state index in [2.05, 4.69) is 36.7 Å². The van der Waals surface area contributed by atoms with Gasteiger partial charge in [0.1, 0.15) is 10.7 Å². The normalized spacial score (nSPS) is 15.2. The van der Waals surface area contributed by atoms with Crippen molar-refractivity contribution < 1.29 is 23.9 Å². The Kier molecular flexibility index (Phi) is 11.2. The van der Waals surface area contributed by atoms with E-state index in [4.69, 9.17) is 4.74 Å². The average Bonchev–Trinajstić information content (AvgIpc) is 3.71. The van der Waals surface area contributed by atoms with Crippen LogP contribution < -0.4 is 16.0 Å². The van der Waals surface area contributed by atoms with E-state index in [-0.39, 0.29) is 17.0 Å². The second-order valence-electron chi connectivity index (χ2n) is 12.6. The summed E-state index contributed by atoms with van der Waals surface area (Å²) in [6.45, 7) is 8.52. The first kappa shape index (κ1) is 35.1. The molecule has 48 heavy (non-hydrogen) atoms. The van der Waals surface area contributed by atoms with Crippen LogP contribution in [-0.2, 0) is 27.2 Å². The molecule has 2 heterocycles. The molecule has 0 fully saturated rings. The zero-order valence-electron chi connectivity index (χ0n) is 27.5. The van der Waals surface area contributed by atoms with Crippen molar-refractivity contribution in [1.29, 1.82) is 0 Å². The van der Waals surface area contributed by atoms with Crippen LogP contribution in [-0.4, -0.2) is 36.1 Å². The Morgan fingerprint density at radius 1 is 1.00 bits per heavy atom. The van der Waals surface area contributed by atoms with E-state index < -0.39 is 23.0 Å². The van der Waals surface area contributed by atoms with Crippen LogP contribution >= 0.6 is 34.4 Å². The highest BCUT2D eigenvalue weighted by Crippen LogP contribution is 2.44. The number of carbonyl (C=O) groups excluding carboxylic acids is 4. The fourth-order valence-electron chi connectivity index (χ4n) is 5.51. The number of hydrogen-bond acceptors (Lipinski definition) is 8. The van der Waals surface area contributed by atoms with Crippen LogP contribution in [0.5, 0.6) is 0 Å². The third-order valence-corrected chi connectivity index (χ3v) is 11.3. The zero-order valence-corrected chi connectivity index (χ0v) is 30.0. The van der Waals surface area contributed by atoms with Crippen LogP contribution in [0.4, 0.5) is 10.7 Å². The summed E-state index contributed by atoms with van der Waals surface area (Å²) < 4.78 is 5.12. The summed E-state index contributed by atoms with van der Waals surface area (Å²) in [5, 5.41) is 10.6. The molecule has 1 aliphatic carbocycles. The number of benzene rings is 2. The molecule has 8 nitrogen and oxygen atoms in total. The highest BCUT2D eigenvalue weighted by atomic mass is 32.2. The van der Waals surface area contributed by atoms with E-state index in [1.165, 1.54) is 41.5 Å². The van der Waals surface area contributed by atoms with Gasteiger partial charge in [-0.1, -0.05) is 51.1 Å². The molecule has 0 saturated heterocycles. The summed E-state index contributed by atoms with van der Waals surface area (Å²) in [4.78, 5) is 55.3. The van der Waals surface area contributed by atoms with Crippen LogP contribution in [0.3, 0.4) is 0 Å². The quantitative estimate of drug-likeness (QED) is 0.0872. The first-order valence-electron chi connectivity index (χ1n) is 15.7. The number of amides is 3. The fraction of sp³-hybridized carbons (Fsp3) is 0.297. The van der Waals surface area contributed by atoms with Crippen molar-refractivity contribution in [2.75, 3.05) is 17.7 Å². The summed E-state index contributed by atoms with van der Waals surface area (Å²) in [6.07, 6.45) is 4.26. The van der Waals surface area contributed by atoms with Crippen molar-refractivity contribution in [1.82, 2.24) is 5.32 Å². The van der Waals surface area contributed by atoms with Crippen molar-refractivity contribution in [3.05, 3.63) is 104 Å². The van der Waals surface area contributed by atoms with Gasteiger partial charge in [0.05, 0.1) is 17.9 Å². The lowest BCUT2D eigenvalue weighted by Gasteiger charge is -2.33. The smallest absolute Gasteiger partial charge is 0.341 e. The van der Waals surface area contributed by atoms with Gasteiger partial charge < -0.3 is 20.7 Å². The van der Waals surface area contributed by atoms with Gasteiger partial charge in [-0.15, -0.1) is 34.4 Å². The van der Waals surface area contributed by atoms with Crippen molar-refractivity contribution >= 4 is 74.9 Å². The average molecular weight is 702 g/mol. The van der Waals surface area contributed by atoms with E-state index >= 15 is 0 Å². The monoisotopic (exact) mass is 701 g/mol. The molecule has 0 saturated carbocycles. The van der Waals surface area contributed by atoms with Gasteiger partial charge in [-0.2, -0.15) is 0 Å².